The number of hydrogen-bond donors (Lipinski definition) is 2. The average molecular weight is 1080 g/mol. The molecule has 12 heteroatoms. The van der Waals surface area contributed by atoms with E-state index in [1.54, 1.807) is 6.08 Å². The summed E-state index contributed by atoms with van der Waals surface area (Å²) in [6.45, 7) is 21.4. The summed E-state index contributed by atoms with van der Waals surface area (Å²) in [6.07, 6.45) is 29.8. The molecule has 1 amide bonds. The molecule has 11 nitrogen and oxygen atoms in total. The van der Waals surface area contributed by atoms with Crippen LogP contribution in [0.2, 0.25) is 18.1 Å². The number of esters is 1. The number of ketones is 2. The molecule has 0 saturated carbocycles. The van der Waals surface area contributed by atoms with Crippen LogP contribution < -0.4 is 5.32 Å². The van der Waals surface area contributed by atoms with Crippen LogP contribution in [-0.4, -0.2) is 86.8 Å². The number of carbonyl (C=O) groups excluding carboxylic acids is 4. The molecular formula is C64H113NO10Si. The Morgan fingerprint density at radius 2 is 1.17 bits per heavy atom. The van der Waals surface area contributed by atoms with Crippen LogP contribution in [0.15, 0.2) is 43.0 Å². The fourth-order valence-electron chi connectivity index (χ4n) is 9.89. The topological polar surface area (TPSA) is 147 Å². The largest absolute Gasteiger partial charge is 0.451 e. The van der Waals surface area contributed by atoms with Gasteiger partial charge in [0, 0.05) is 6.42 Å². The Morgan fingerprint density at radius 1 is 0.697 bits per heavy atom. The second-order valence-electron chi connectivity index (χ2n) is 23.7. The summed E-state index contributed by atoms with van der Waals surface area (Å²) < 4.78 is 31.7. The second kappa shape index (κ2) is 42.2. The molecule has 7 atom stereocenters. The van der Waals surface area contributed by atoms with Crippen molar-refractivity contribution in [1.29, 1.82) is 0 Å². The zero-order chi connectivity index (χ0) is 55.9. The van der Waals surface area contributed by atoms with Crippen molar-refractivity contribution in [3.05, 3.63) is 48.6 Å². The number of carbonyl (C=O) groups is 4. The van der Waals surface area contributed by atoms with E-state index in [1.807, 2.05) is 30.3 Å². The highest BCUT2D eigenvalue weighted by Crippen LogP contribution is 2.37. The molecule has 1 heterocycles. The number of benzene rings is 1. The van der Waals surface area contributed by atoms with Gasteiger partial charge in [0.25, 0.3) is 0 Å². The van der Waals surface area contributed by atoms with Gasteiger partial charge in [0.2, 0.25) is 11.7 Å². The Bertz CT molecular complexity index is 1670. The lowest BCUT2D eigenvalue weighted by atomic mass is 9.89. The molecule has 0 bridgehead atoms. The van der Waals surface area contributed by atoms with Crippen LogP contribution in [0.4, 0.5) is 0 Å². The van der Waals surface area contributed by atoms with E-state index in [0.29, 0.717) is 25.9 Å². The zero-order valence-electron chi connectivity index (χ0n) is 49.8. The quantitative estimate of drug-likeness (QED) is 0.0161. The van der Waals surface area contributed by atoms with Gasteiger partial charge in [0.15, 0.2) is 20.7 Å². The molecule has 2 rings (SSSR count). The van der Waals surface area contributed by atoms with E-state index in [4.69, 9.17) is 23.4 Å². The summed E-state index contributed by atoms with van der Waals surface area (Å²) in [7, 11) is -2.38. The molecule has 1 aromatic rings. The summed E-state index contributed by atoms with van der Waals surface area (Å²) in [5.41, 5.74) is 0.998. The molecule has 1 aliphatic heterocycles. The summed E-state index contributed by atoms with van der Waals surface area (Å²) in [5.74, 6) is -3.92. The highest BCUT2D eigenvalue weighted by Gasteiger charge is 2.51. The van der Waals surface area contributed by atoms with E-state index in [-0.39, 0.29) is 43.3 Å². The van der Waals surface area contributed by atoms with E-state index in [0.717, 1.165) is 69.8 Å². The van der Waals surface area contributed by atoms with Crippen LogP contribution in [0, 0.1) is 5.92 Å². The summed E-state index contributed by atoms with van der Waals surface area (Å²) in [5, 5.41) is 15.1. The van der Waals surface area contributed by atoms with E-state index in [2.05, 4.69) is 66.5 Å². The van der Waals surface area contributed by atoms with Gasteiger partial charge >= 0.3 is 5.97 Å². The molecule has 2 N–H and O–H groups in total. The number of aliphatic hydroxyl groups is 1. The van der Waals surface area contributed by atoms with Gasteiger partial charge in [0.1, 0.15) is 24.0 Å². The molecule has 0 aromatic heterocycles. The number of Topliss-reactive ketones (excluding diaryl/α,β-unsaturated/α-hetero) is 2. The molecule has 1 fully saturated rings. The second-order valence-corrected chi connectivity index (χ2v) is 28.5. The lowest BCUT2D eigenvalue weighted by Crippen LogP contribution is -2.66. The van der Waals surface area contributed by atoms with Crippen molar-refractivity contribution < 1.29 is 47.7 Å². The minimum absolute atomic E-state index is 0.00348. The van der Waals surface area contributed by atoms with Crippen molar-refractivity contribution in [3.63, 3.8) is 0 Å². The Hall–Kier alpha value is -2.74. The van der Waals surface area contributed by atoms with E-state index >= 15 is 0 Å². The van der Waals surface area contributed by atoms with Gasteiger partial charge in [-0.1, -0.05) is 258 Å². The Morgan fingerprint density at radius 3 is 1.66 bits per heavy atom. The van der Waals surface area contributed by atoms with E-state index < -0.39 is 68.6 Å². The monoisotopic (exact) mass is 1080 g/mol. The van der Waals surface area contributed by atoms with Gasteiger partial charge < -0.3 is 33.8 Å². The van der Waals surface area contributed by atoms with Crippen molar-refractivity contribution in [2.75, 3.05) is 13.2 Å². The maximum absolute atomic E-state index is 14.4. The van der Waals surface area contributed by atoms with Crippen LogP contribution >= 0.6 is 0 Å². The average Bonchev–Trinajstić information content (AvgIpc) is 3.39. The normalized spacial score (nSPS) is 18.8. The van der Waals surface area contributed by atoms with Gasteiger partial charge in [-0.25, -0.2) is 4.79 Å². The lowest BCUT2D eigenvalue weighted by Gasteiger charge is -2.45. The van der Waals surface area contributed by atoms with Crippen molar-refractivity contribution >= 4 is 31.8 Å². The SMILES string of the molecule is C=CCO[C@H]1O[C@H](CO[Si](C)(C)C(C)(C)C)[C@@H](O)[C@H](OC(=O)C(=O)[C@H](CCCCCCCCCCC)C(=O)CCCCCCCCCCCCC)[C@H]1NC(=O)C[C@H](CCCCCCCCCCC)OCc1ccccc1. The fraction of sp³-hybridized carbons (Fsp3) is 0.812. The number of aliphatic hydroxyl groups excluding tert-OH is 1. The molecule has 1 aromatic carbocycles. The number of unbranched alkanes of at least 4 members (excludes halogenated alkanes) is 26. The number of amides is 1. The van der Waals surface area contributed by atoms with Crippen LogP contribution in [0.25, 0.3) is 0 Å². The van der Waals surface area contributed by atoms with Crippen molar-refractivity contribution in [1.82, 2.24) is 5.32 Å². The molecule has 0 radical (unpaired) electrons. The highest BCUT2D eigenvalue weighted by molar-refractivity contribution is 6.74. The highest BCUT2D eigenvalue weighted by atomic mass is 28.4. The van der Waals surface area contributed by atoms with Crippen LogP contribution in [0.5, 0.6) is 0 Å². The maximum Gasteiger partial charge on any atom is 0.375 e. The van der Waals surface area contributed by atoms with Crippen molar-refractivity contribution in [2.24, 2.45) is 5.92 Å². The van der Waals surface area contributed by atoms with E-state index in [1.165, 1.54) is 109 Å². The first-order chi connectivity index (χ1) is 36.6. The minimum atomic E-state index is -2.38. The first-order valence-electron chi connectivity index (χ1n) is 31.0. The maximum atomic E-state index is 14.4. The molecule has 0 spiro atoms. The number of rotatable bonds is 48. The van der Waals surface area contributed by atoms with E-state index in [9.17, 15) is 24.3 Å². The Kier molecular flexibility index (Phi) is 38.5. The predicted octanol–water partition coefficient (Wildman–Crippen LogP) is 16.0. The van der Waals surface area contributed by atoms with Crippen molar-refractivity contribution in [3.8, 4) is 0 Å². The molecule has 438 valence electrons. The first-order valence-corrected chi connectivity index (χ1v) is 33.9. The molecule has 76 heavy (non-hydrogen) atoms. The summed E-state index contributed by atoms with van der Waals surface area (Å²) in [6, 6.07) is 8.65. The molecular weight excluding hydrogens is 971 g/mol. The lowest BCUT2D eigenvalue weighted by molar-refractivity contribution is -0.269. The summed E-state index contributed by atoms with van der Waals surface area (Å²) in [4.78, 5) is 57.3. The molecule has 1 aliphatic rings. The Labute approximate surface area is 465 Å². The molecule has 1 saturated heterocycles. The third-order valence-corrected chi connectivity index (χ3v) is 20.4. The zero-order valence-corrected chi connectivity index (χ0v) is 50.8. The van der Waals surface area contributed by atoms with Gasteiger partial charge in [0.05, 0.1) is 38.3 Å². The molecule has 0 aliphatic carbocycles. The Balaban J connectivity index is 2.37. The fourth-order valence-corrected chi connectivity index (χ4v) is 10.9. The van der Waals surface area contributed by atoms with Crippen LogP contribution in [0.1, 0.15) is 259 Å². The number of nitrogens with one attached hydrogen (secondary N) is 1. The molecule has 0 unspecified atom stereocenters. The predicted molar refractivity (Wildman–Crippen MR) is 314 cm³/mol. The standard InChI is InChI=1S/C64H113NO10Si/c1-10-14-17-20-23-26-27-30-33-36-42-47-55(66)54(46-41-35-32-29-25-22-19-16-12-3)59(68)62(70)75-61-58(63(71-48-13-4)74-56(60(61)69)51-73-76(8,9)64(5,6)7)65-57(67)49-53(72-50-52-43-38-37-39-44-52)45-40-34-31-28-24-21-18-15-11-2/h13,37-39,43-44,53-54,56,58,60-61,63,69H,4,10-12,14-36,40-42,45-51H2,1-3,5-9H3,(H,65,67)/t53-,54+,56+,58+,60+,61+,63-/m0/s1. The summed E-state index contributed by atoms with van der Waals surface area (Å²) >= 11 is 0. The van der Waals surface area contributed by atoms with Gasteiger partial charge in [-0.15, -0.1) is 6.58 Å². The van der Waals surface area contributed by atoms with Crippen LogP contribution in [0.3, 0.4) is 0 Å². The number of hydrogen-bond acceptors (Lipinski definition) is 10. The van der Waals surface area contributed by atoms with Gasteiger partial charge in [-0.3, -0.25) is 14.4 Å². The van der Waals surface area contributed by atoms with Gasteiger partial charge in [-0.2, -0.15) is 0 Å². The van der Waals surface area contributed by atoms with Gasteiger partial charge in [-0.05, 0) is 43.0 Å². The minimum Gasteiger partial charge on any atom is -0.451 e. The number of ether oxygens (including phenoxy) is 4. The first kappa shape index (κ1) is 69.4. The smallest absolute Gasteiger partial charge is 0.375 e. The van der Waals surface area contributed by atoms with Crippen molar-refractivity contribution in [2.45, 2.75) is 315 Å². The third-order valence-electron chi connectivity index (χ3n) is 15.9. The third kappa shape index (κ3) is 30.0. The van der Waals surface area contributed by atoms with Crippen LogP contribution in [-0.2, 0) is 49.2 Å².